The summed E-state index contributed by atoms with van der Waals surface area (Å²) in [5.41, 5.74) is 0. The van der Waals surface area contributed by atoms with Crippen molar-refractivity contribution in [1.29, 1.82) is 0 Å². The molecule has 0 saturated heterocycles. The lowest BCUT2D eigenvalue weighted by molar-refractivity contribution is 0.0549. The number of thiol groups is 1. The molecule has 16 heavy (non-hydrogen) atoms. The van der Waals surface area contributed by atoms with Crippen LogP contribution >= 0.6 is 12.6 Å². The second kappa shape index (κ2) is 9.32. The molecule has 0 amide bonds. The SMILES string of the molecule is CCCCCC(S)(CCCCC)C(O)CO. The number of aliphatic hydroxyl groups is 2. The molecule has 0 bridgehead atoms. The number of rotatable bonds is 10. The van der Waals surface area contributed by atoms with E-state index in [4.69, 9.17) is 5.11 Å². The van der Waals surface area contributed by atoms with Gasteiger partial charge in [-0.05, 0) is 12.8 Å². The largest absolute Gasteiger partial charge is 0.394 e. The maximum absolute atomic E-state index is 9.85. The van der Waals surface area contributed by atoms with Gasteiger partial charge in [-0.3, -0.25) is 0 Å². The van der Waals surface area contributed by atoms with Gasteiger partial charge in [0.1, 0.15) is 0 Å². The van der Waals surface area contributed by atoms with Gasteiger partial charge < -0.3 is 10.2 Å². The van der Waals surface area contributed by atoms with Gasteiger partial charge in [0.15, 0.2) is 0 Å². The molecule has 0 aromatic rings. The van der Waals surface area contributed by atoms with E-state index in [-0.39, 0.29) is 11.4 Å². The predicted octanol–water partition coefficient (Wildman–Crippen LogP) is 3.17. The number of hydrogen-bond acceptors (Lipinski definition) is 3. The van der Waals surface area contributed by atoms with Crippen LogP contribution in [0.3, 0.4) is 0 Å². The van der Waals surface area contributed by atoms with Gasteiger partial charge in [0.25, 0.3) is 0 Å². The van der Waals surface area contributed by atoms with Crippen LogP contribution in [0.2, 0.25) is 0 Å². The van der Waals surface area contributed by atoms with E-state index < -0.39 is 6.10 Å². The Kier molecular flexibility index (Phi) is 9.47. The van der Waals surface area contributed by atoms with Crippen molar-refractivity contribution in [2.75, 3.05) is 6.61 Å². The third-order valence-corrected chi connectivity index (χ3v) is 3.96. The molecule has 0 saturated carbocycles. The third kappa shape index (κ3) is 6.12. The van der Waals surface area contributed by atoms with Crippen LogP contribution in [0.25, 0.3) is 0 Å². The van der Waals surface area contributed by atoms with Gasteiger partial charge in [0.2, 0.25) is 0 Å². The van der Waals surface area contributed by atoms with E-state index in [0.29, 0.717) is 0 Å². The van der Waals surface area contributed by atoms with Crippen molar-refractivity contribution < 1.29 is 10.2 Å². The quantitative estimate of drug-likeness (QED) is 0.410. The van der Waals surface area contributed by atoms with Crippen LogP contribution in [0, 0.1) is 0 Å². The maximum atomic E-state index is 9.85. The summed E-state index contributed by atoms with van der Waals surface area (Å²) in [7, 11) is 0. The van der Waals surface area contributed by atoms with E-state index in [9.17, 15) is 5.11 Å². The summed E-state index contributed by atoms with van der Waals surface area (Å²) in [6.07, 6.45) is 7.98. The topological polar surface area (TPSA) is 40.5 Å². The molecule has 0 rings (SSSR count). The van der Waals surface area contributed by atoms with Crippen molar-refractivity contribution in [1.82, 2.24) is 0 Å². The molecular formula is C13H28O2S. The van der Waals surface area contributed by atoms with Gasteiger partial charge in [-0.15, -0.1) is 0 Å². The molecule has 0 spiro atoms. The molecule has 1 unspecified atom stereocenters. The molecule has 0 heterocycles. The van der Waals surface area contributed by atoms with E-state index in [1.54, 1.807) is 0 Å². The van der Waals surface area contributed by atoms with Crippen molar-refractivity contribution in [2.45, 2.75) is 76.1 Å². The average Bonchev–Trinajstić information content (AvgIpc) is 2.28. The summed E-state index contributed by atoms with van der Waals surface area (Å²) < 4.78 is -0.390. The van der Waals surface area contributed by atoms with Gasteiger partial charge in [-0.25, -0.2) is 0 Å². The average molecular weight is 248 g/mol. The molecule has 0 radical (unpaired) electrons. The Bertz CT molecular complexity index is 152. The Morgan fingerprint density at radius 3 is 1.75 bits per heavy atom. The van der Waals surface area contributed by atoms with Crippen LogP contribution in [0.1, 0.15) is 65.2 Å². The number of hydrogen-bond donors (Lipinski definition) is 3. The fourth-order valence-corrected chi connectivity index (χ4v) is 2.39. The van der Waals surface area contributed by atoms with Crippen molar-refractivity contribution in [3.05, 3.63) is 0 Å². The highest BCUT2D eigenvalue weighted by molar-refractivity contribution is 7.81. The van der Waals surface area contributed by atoms with Crippen molar-refractivity contribution in [3.8, 4) is 0 Å². The normalized spacial score (nSPS) is 14.1. The molecule has 0 aliphatic carbocycles. The first-order valence-electron chi connectivity index (χ1n) is 6.62. The second-order valence-electron chi connectivity index (χ2n) is 4.72. The Morgan fingerprint density at radius 2 is 1.44 bits per heavy atom. The molecule has 1 atom stereocenters. The summed E-state index contributed by atoms with van der Waals surface area (Å²) in [5, 5.41) is 18.9. The summed E-state index contributed by atoms with van der Waals surface area (Å²) >= 11 is 4.63. The first-order chi connectivity index (χ1) is 7.60. The van der Waals surface area contributed by atoms with E-state index in [2.05, 4.69) is 26.5 Å². The molecule has 2 N–H and O–H groups in total. The molecule has 0 fully saturated rings. The molecule has 98 valence electrons. The maximum Gasteiger partial charge on any atom is 0.0914 e. The highest BCUT2D eigenvalue weighted by atomic mass is 32.1. The van der Waals surface area contributed by atoms with Crippen LogP contribution in [-0.2, 0) is 0 Å². The lowest BCUT2D eigenvalue weighted by atomic mass is 9.89. The molecular weight excluding hydrogens is 220 g/mol. The third-order valence-electron chi connectivity index (χ3n) is 3.22. The van der Waals surface area contributed by atoms with Gasteiger partial charge in [-0.1, -0.05) is 52.4 Å². The van der Waals surface area contributed by atoms with Gasteiger partial charge in [0.05, 0.1) is 12.7 Å². The zero-order valence-electron chi connectivity index (χ0n) is 10.8. The van der Waals surface area contributed by atoms with Crippen molar-refractivity contribution >= 4 is 12.6 Å². The molecule has 0 aliphatic heterocycles. The Labute approximate surface area is 106 Å². The van der Waals surface area contributed by atoms with E-state index >= 15 is 0 Å². The number of unbranched alkanes of at least 4 members (excludes halogenated alkanes) is 4. The van der Waals surface area contributed by atoms with Crippen LogP contribution in [0.5, 0.6) is 0 Å². The molecule has 0 aliphatic rings. The summed E-state index contributed by atoms with van der Waals surface area (Å²) in [6, 6.07) is 0. The Balaban J connectivity index is 4.13. The number of aliphatic hydroxyl groups excluding tert-OH is 2. The first kappa shape index (κ1) is 16.3. The standard InChI is InChI=1S/C13H28O2S/c1-3-5-7-9-13(16,12(15)11-14)10-8-6-4-2/h12,14-16H,3-11H2,1-2H3. The lowest BCUT2D eigenvalue weighted by Gasteiger charge is -2.33. The van der Waals surface area contributed by atoms with E-state index in [0.717, 1.165) is 25.7 Å². The van der Waals surface area contributed by atoms with Crippen LogP contribution in [0.4, 0.5) is 0 Å². The van der Waals surface area contributed by atoms with Crippen LogP contribution in [-0.4, -0.2) is 27.7 Å². The van der Waals surface area contributed by atoms with Crippen LogP contribution in [0.15, 0.2) is 0 Å². The monoisotopic (exact) mass is 248 g/mol. The minimum absolute atomic E-state index is 0.179. The summed E-state index contributed by atoms with van der Waals surface area (Å²) in [4.78, 5) is 0. The molecule has 2 nitrogen and oxygen atoms in total. The molecule has 0 aromatic carbocycles. The highest BCUT2D eigenvalue weighted by Crippen LogP contribution is 2.32. The minimum Gasteiger partial charge on any atom is -0.394 e. The van der Waals surface area contributed by atoms with Crippen molar-refractivity contribution in [2.24, 2.45) is 0 Å². The zero-order valence-corrected chi connectivity index (χ0v) is 11.7. The second-order valence-corrected chi connectivity index (χ2v) is 5.61. The fourth-order valence-electron chi connectivity index (χ4n) is 1.99. The van der Waals surface area contributed by atoms with E-state index in [1.165, 1.54) is 25.7 Å². The Hall–Kier alpha value is 0.270. The smallest absolute Gasteiger partial charge is 0.0914 e. The lowest BCUT2D eigenvalue weighted by Crippen LogP contribution is -2.39. The Morgan fingerprint density at radius 1 is 1.00 bits per heavy atom. The van der Waals surface area contributed by atoms with Gasteiger partial charge >= 0.3 is 0 Å². The van der Waals surface area contributed by atoms with E-state index in [1.807, 2.05) is 0 Å². The first-order valence-corrected chi connectivity index (χ1v) is 7.06. The minimum atomic E-state index is -0.690. The van der Waals surface area contributed by atoms with Crippen LogP contribution < -0.4 is 0 Å². The predicted molar refractivity (Wildman–Crippen MR) is 73.1 cm³/mol. The zero-order chi connectivity index (χ0) is 12.4. The highest BCUT2D eigenvalue weighted by Gasteiger charge is 2.32. The molecule has 3 heteroatoms. The summed E-state index contributed by atoms with van der Waals surface area (Å²) in [6.45, 7) is 4.15. The fraction of sp³-hybridized carbons (Fsp3) is 1.00. The van der Waals surface area contributed by atoms with Crippen molar-refractivity contribution in [3.63, 3.8) is 0 Å². The summed E-state index contributed by atoms with van der Waals surface area (Å²) in [5.74, 6) is 0. The van der Waals surface area contributed by atoms with Gasteiger partial charge in [-0.2, -0.15) is 12.6 Å². The molecule has 0 aromatic heterocycles. The van der Waals surface area contributed by atoms with Gasteiger partial charge in [0, 0.05) is 4.75 Å².